The minimum atomic E-state index is -3.71. The van der Waals surface area contributed by atoms with Crippen LogP contribution in [0.15, 0.2) is 47.6 Å². The molecule has 0 amide bonds. The predicted molar refractivity (Wildman–Crippen MR) is 80.6 cm³/mol. The normalized spacial score (nSPS) is 11.3. The van der Waals surface area contributed by atoms with E-state index in [0.29, 0.717) is 12.2 Å². The lowest BCUT2D eigenvalue weighted by molar-refractivity contribution is 0.591. The molecule has 0 atom stereocenters. The Morgan fingerprint density at radius 3 is 2.65 bits per heavy atom. The van der Waals surface area contributed by atoms with Crippen LogP contribution in [0.5, 0.6) is 0 Å². The van der Waals surface area contributed by atoms with Gasteiger partial charge in [-0.15, -0.1) is 0 Å². The summed E-state index contributed by atoms with van der Waals surface area (Å²) in [6, 6.07) is 8.80. The number of hydrogen-bond acceptors (Lipinski definition) is 3. The van der Waals surface area contributed by atoms with Gasteiger partial charge in [0.15, 0.2) is 0 Å². The third kappa shape index (κ3) is 2.78. The van der Waals surface area contributed by atoms with Crippen LogP contribution in [0.1, 0.15) is 12.5 Å². The first-order valence-corrected chi connectivity index (χ1v) is 7.97. The fourth-order valence-corrected chi connectivity index (χ4v) is 3.82. The van der Waals surface area contributed by atoms with Crippen molar-refractivity contribution < 1.29 is 8.42 Å². The molecule has 0 fully saturated rings. The number of aryl methyl sites for hydroxylation is 1. The predicted octanol–water partition coefficient (Wildman–Crippen LogP) is 3.26. The highest BCUT2D eigenvalue weighted by Crippen LogP contribution is 2.27. The molecule has 0 radical (unpaired) electrons. The summed E-state index contributed by atoms with van der Waals surface area (Å²) >= 11 is 5.98. The van der Waals surface area contributed by atoms with Crippen LogP contribution in [0, 0.1) is 6.92 Å². The lowest BCUT2D eigenvalue weighted by atomic mass is 10.2. The maximum atomic E-state index is 12.7. The number of pyridine rings is 1. The third-order valence-corrected chi connectivity index (χ3v) is 5.25. The van der Waals surface area contributed by atoms with Crippen LogP contribution in [-0.2, 0) is 10.0 Å². The van der Waals surface area contributed by atoms with Crippen LogP contribution in [-0.4, -0.2) is 19.9 Å². The van der Waals surface area contributed by atoms with Gasteiger partial charge in [-0.05, 0) is 37.6 Å². The second-order valence-electron chi connectivity index (χ2n) is 4.31. The monoisotopic (exact) mass is 310 g/mol. The molecular weight excluding hydrogens is 296 g/mol. The SMILES string of the molecule is CCN(c1cccc(C)c1)S(=O)(=O)c1cnccc1Cl. The lowest BCUT2D eigenvalue weighted by Crippen LogP contribution is -2.31. The number of anilines is 1. The number of halogens is 1. The van der Waals surface area contributed by atoms with E-state index in [2.05, 4.69) is 4.98 Å². The minimum absolute atomic E-state index is 0.0185. The molecule has 1 aromatic carbocycles. The molecule has 0 unspecified atom stereocenters. The van der Waals surface area contributed by atoms with Crippen LogP contribution >= 0.6 is 11.6 Å². The van der Waals surface area contributed by atoms with E-state index in [9.17, 15) is 8.42 Å². The van der Waals surface area contributed by atoms with Crippen LogP contribution in [0.3, 0.4) is 0 Å². The molecule has 6 heteroatoms. The zero-order valence-corrected chi connectivity index (χ0v) is 12.8. The van der Waals surface area contributed by atoms with Crippen LogP contribution < -0.4 is 4.31 Å². The number of aromatic nitrogens is 1. The molecule has 0 aliphatic rings. The van der Waals surface area contributed by atoms with Crippen molar-refractivity contribution in [3.8, 4) is 0 Å². The fourth-order valence-electron chi connectivity index (χ4n) is 1.95. The van der Waals surface area contributed by atoms with E-state index in [1.807, 2.05) is 25.1 Å². The summed E-state index contributed by atoms with van der Waals surface area (Å²) in [5, 5.41) is 0.172. The van der Waals surface area contributed by atoms with Crippen molar-refractivity contribution in [2.75, 3.05) is 10.8 Å². The molecule has 0 saturated heterocycles. The zero-order valence-electron chi connectivity index (χ0n) is 11.2. The summed E-state index contributed by atoms with van der Waals surface area (Å²) in [6.07, 6.45) is 2.74. The standard InChI is InChI=1S/C14H15ClN2O2S/c1-3-17(12-6-4-5-11(2)9-12)20(18,19)14-10-16-8-7-13(14)15/h4-10H,3H2,1-2H3. The molecule has 0 aliphatic carbocycles. The van der Waals surface area contributed by atoms with E-state index in [1.54, 1.807) is 13.0 Å². The van der Waals surface area contributed by atoms with E-state index in [1.165, 1.54) is 22.8 Å². The second kappa shape index (κ2) is 5.81. The Balaban J connectivity index is 2.54. The molecule has 0 saturated carbocycles. The third-order valence-electron chi connectivity index (χ3n) is 2.88. The molecule has 0 N–H and O–H groups in total. The Bertz CT molecular complexity index is 717. The highest BCUT2D eigenvalue weighted by molar-refractivity contribution is 7.93. The lowest BCUT2D eigenvalue weighted by Gasteiger charge is -2.23. The van der Waals surface area contributed by atoms with E-state index in [-0.39, 0.29) is 9.92 Å². The van der Waals surface area contributed by atoms with Gasteiger partial charge >= 0.3 is 0 Å². The second-order valence-corrected chi connectivity index (χ2v) is 6.55. The van der Waals surface area contributed by atoms with Crippen molar-refractivity contribution in [1.29, 1.82) is 0 Å². The highest BCUT2D eigenvalue weighted by atomic mass is 35.5. The van der Waals surface area contributed by atoms with Crippen LogP contribution in [0.4, 0.5) is 5.69 Å². The van der Waals surface area contributed by atoms with Gasteiger partial charge in [0.2, 0.25) is 0 Å². The van der Waals surface area contributed by atoms with E-state index in [4.69, 9.17) is 11.6 Å². The van der Waals surface area contributed by atoms with E-state index < -0.39 is 10.0 Å². The van der Waals surface area contributed by atoms with Gasteiger partial charge in [0.05, 0.1) is 10.7 Å². The molecule has 0 spiro atoms. The average molecular weight is 311 g/mol. The van der Waals surface area contributed by atoms with Gasteiger partial charge in [0, 0.05) is 18.9 Å². The molecule has 106 valence electrons. The minimum Gasteiger partial charge on any atom is -0.267 e. The molecule has 1 aromatic heterocycles. The number of nitrogens with zero attached hydrogens (tertiary/aromatic N) is 2. The summed E-state index contributed by atoms with van der Waals surface area (Å²) < 4.78 is 26.7. The average Bonchev–Trinajstić information content (AvgIpc) is 2.39. The Hall–Kier alpha value is -1.59. The van der Waals surface area contributed by atoms with Crippen molar-refractivity contribution in [2.45, 2.75) is 18.7 Å². The zero-order chi connectivity index (χ0) is 14.8. The van der Waals surface area contributed by atoms with Crippen molar-refractivity contribution in [3.63, 3.8) is 0 Å². The quantitative estimate of drug-likeness (QED) is 0.871. The molecule has 4 nitrogen and oxygen atoms in total. The van der Waals surface area contributed by atoms with Crippen molar-refractivity contribution in [1.82, 2.24) is 4.98 Å². The summed E-state index contributed by atoms with van der Waals surface area (Å²) in [7, 11) is -3.71. The maximum absolute atomic E-state index is 12.7. The topological polar surface area (TPSA) is 50.3 Å². The van der Waals surface area contributed by atoms with Crippen molar-refractivity contribution in [2.24, 2.45) is 0 Å². The van der Waals surface area contributed by atoms with Gasteiger partial charge in [-0.1, -0.05) is 23.7 Å². The summed E-state index contributed by atoms with van der Waals surface area (Å²) in [4.78, 5) is 3.87. The van der Waals surface area contributed by atoms with Crippen LogP contribution in [0.25, 0.3) is 0 Å². The Kier molecular flexibility index (Phi) is 4.30. The first kappa shape index (κ1) is 14.8. The van der Waals surface area contributed by atoms with Gasteiger partial charge in [-0.3, -0.25) is 9.29 Å². The Morgan fingerprint density at radius 1 is 1.30 bits per heavy atom. The molecule has 0 aliphatic heterocycles. The molecule has 0 bridgehead atoms. The fraction of sp³-hybridized carbons (Fsp3) is 0.214. The van der Waals surface area contributed by atoms with Gasteiger partial charge in [-0.25, -0.2) is 8.42 Å². The number of benzene rings is 1. The van der Waals surface area contributed by atoms with Crippen molar-refractivity contribution in [3.05, 3.63) is 53.3 Å². The maximum Gasteiger partial charge on any atom is 0.267 e. The Morgan fingerprint density at radius 2 is 2.05 bits per heavy atom. The number of sulfonamides is 1. The highest BCUT2D eigenvalue weighted by Gasteiger charge is 2.26. The summed E-state index contributed by atoms with van der Waals surface area (Å²) in [5.41, 5.74) is 1.61. The first-order chi connectivity index (χ1) is 9.46. The van der Waals surface area contributed by atoms with Gasteiger partial charge < -0.3 is 0 Å². The summed E-state index contributed by atoms with van der Waals surface area (Å²) in [5.74, 6) is 0. The van der Waals surface area contributed by atoms with Gasteiger partial charge in [0.1, 0.15) is 4.90 Å². The number of hydrogen-bond donors (Lipinski definition) is 0. The molecule has 2 aromatic rings. The van der Waals surface area contributed by atoms with E-state index >= 15 is 0 Å². The van der Waals surface area contributed by atoms with Crippen molar-refractivity contribution >= 4 is 27.3 Å². The molecule has 2 rings (SSSR count). The molecule has 20 heavy (non-hydrogen) atoms. The molecule has 1 heterocycles. The summed E-state index contributed by atoms with van der Waals surface area (Å²) in [6.45, 7) is 4.02. The van der Waals surface area contributed by atoms with Gasteiger partial charge in [0.25, 0.3) is 10.0 Å². The van der Waals surface area contributed by atoms with Gasteiger partial charge in [-0.2, -0.15) is 0 Å². The van der Waals surface area contributed by atoms with E-state index in [0.717, 1.165) is 5.56 Å². The van der Waals surface area contributed by atoms with Crippen LogP contribution in [0.2, 0.25) is 5.02 Å². The largest absolute Gasteiger partial charge is 0.267 e. The molecular formula is C14H15ClN2O2S. The first-order valence-electron chi connectivity index (χ1n) is 6.15. The number of rotatable bonds is 4. The Labute approximate surface area is 124 Å². The smallest absolute Gasteiger partial charge is 0.267 e.